The Labute approximate surface area is 109 Å². The second-order valence-corrected chi connectivity index (χ2v) is 7.12. The molecule has 0 amide bonds. The number of benzene rings is 1. The van der Waals surface area contributed by atoms with E-state index in [1.165, 1.54) is 5.56 Å². The molecule has 1 rings (SSSR count). The van der Waals surface area contributed by atoms with E-state index in [0.29, 0.717) is 5.75 Å². The molecule has 0 aliphatic heterocycles. The van der Waals surface area contributed by atoms with Crippen LogP contribution in [-0.2, 0) is 16.4 Å². The SMILES string of the molecule is CNCc1ccc(OCCS(=O)(=O)C(C)C)cc1. The molecule has 0 fully saturated rings. The van der Waals surface area contributed by atoms with Crippen LogP contribution in [0.1, 0.15) is 19.4 Å². The number of sulfone groups is 1. The highest BCUT2D eigenvalue weighted by atomic mass is 32.2. The maximum atomic E-state index is 11.6. The zero-order chi connectivity index (χ0) is 13.6. The molecule has 0 saturated heterocycles. The van der Waals surface area contributed by atoms with Gasteiger partial charge in [-0.05, 0) is 38.6 Å². The average Bonchev–Trinajstić information content (AvgIpc) is 2.31. The fourth-order valence-electron chi connectivity index (χ4n) is 1.42. The van der Waals surface area contributed by atoms with E-state index in [1.54, 1.807) is 13.8 Å². The molecular weight excluding hydrogens is 250 g/mol. The summed E-state index contributed by atoms with van der Waals surface area (Å²) in [5.74, 6) is 0.761. The first-order valence-corrected chi connectivity index (χ1v) is 7.75. The molecule has 0 spiro atoms. The minimum Gasteiger partial charge on any atom is -0.493 e. The van der Waals surface area contributed by atoms with Crippen molar-refractivity contribution in [2.24, 2.45) is 0 Å². The van der Waals surface area contributed by atoms with E-state index < -0.39 is 9.84 Å². The van der Waals surface area contributed by atoms with Gasteiger partial charge in [0.1, 0.15) is 12.4 Å². The Bertz CT molecular complexity index is 452. The molecule has 0 atom stereocenters. The quantitative estimate of drug-likeness (QED) is 0.818. The van der Waals surface area contributed by atoms with Crippen molar-refractivity contribution in [1.29, 1.82) is 0 Å². The molecule has 18 heavy (non-hydrogen) atoms. The van der Waals surface area contributed by atoms with Crippen LogP contribution >= 0.6 is 0 Å². The molecule has 0 heterocycles. The molecule has 0 aliphatic rings. The summed E-state index contributed by atoms with van der Waals surface area (Å²) in [6, 6.07) is 7.63. The van der Waals surface area contributed by atoms with Crippen LogP contribution in [0.25, 0.3) is 0 Å². The zero-order valence-electron chi connectivity index (χ0n) is 11.1. The Hall–Kier alpha value is -1.07. The normalized spacial score (nSPS) is 11.8. The highest BCUT2D eigenvalue weighted by molar-refractivity contribution is 7.91. The van der Waals surface area contributed by atoms with Gasteiger partial charge in [-0.25, -0.2) is 8.42 Å². The molecule has 0 unspecified atom stereocenters. The number of hydrogen-bond acceptors (Lipinski definition) is 4. The van der Waals surface area contributed by atoms with Crippen molar-refractivity contribution in [3.05, 3.63) is 29.8 Å². The molecule has 1 N–H and O–H groups in total. The first kappa shape index (κ1) is 15.0. The Morgan fingerprint density at radius 2 is 1.83 bits per heavy atom. The van der Waals surface area contributed by atoms with Crippen LogP contribution in [0.4, 0.5) is 0 Å². The van der Waals surface area contributed by atoms with Crippen molar-refractivity contribution < 1.29 is 13.2 Å². The minimum absolute atomic E-state index is 0.0585. The second-order valence-electron chi connectivity index (χ2n) is 4.44. The second kappa shape index (κ2) is 6.75. The van der Waals surface area contributed by atoms with Gasteiger partial charge in [0.25, 0.3) is 0 Å². The summed E-state index contributed by atoms with van der Waals surface area (Å²) in [5, 5.41) is 2.71. The van der Waals surface area contributed by atoms with Crippen LogP contribution in [0.15, 0.2) is 24.3 Å². The summed E-state index contributed by atoms with van der Waals surface area (Å²) in [5.41, 5.74) is 1.17. The molecular formula is C13H21NO3S. The fourth-order valence-corrected chi connectivity index (χ4v) is 2.21. The van der Waals surface area contributed by atoms with Crippen LogP contribution < -0.4 is 10.1 Å². The number of nitrogens with one attached hydrogen (secondary N) is 1. The van der Waals surface area contributed by atoms with Gasteiger partial charge in [-0.1, -0.05) is 12.1 Å². The highest BCUT2D eigenvalue weighted by Gasteiger charge is 2.15. The predicted molar refractivity (Wildman–Crippen MR) is 73.6 cm³/mol. The molecule has 0 bridgehead atoms. The molecule has 1 aromatic rings. The first-order chi connectivity index (χ1) is 8.45. The lowest BCUT2D eigenvalue weighted by Crippen LogP contribution is -2.22. The van der Waals surface area contributed by atoms with Gasteiger partial charge in [0.05, 0.1) is 11.0 Å². The zero-order valence-corrected chi connectivity index (χ0v) is 12.0. The number of ether oxygens (including phenoxy) is 1. The van der Waals surface area contributed by atoms with Gasteiger partial charge in [-0.15, -0.1) is 0 Å². The molecule has 0 radical (unpaired) electrons. The fraction of sp³-hybridized carbons (Fsp3) is 0.538. The summed E-state index contributed by atoms with van der Waals surface area (Å²) >= 11 is 0. The Kier molecular flexibility index (Phi) is 5.62. The topological polar surface area (TPSA) is 55.4 Å². The molecule has 0 saturated carbocycles. The van der Waals surface area contributed by atoms with Crippen LogP contribution in [0.2, 0.25) is 0 Å². The number of hydrogen-bond donors (Lipinski definition) is 1. The third-order valence-corrected chi connectivity index (χ3v) is 4.83. The van der Waals surface area contributed by atoms with Crippen LogP contribution in [0, 0.1) is 0 Å². The standard InChI is InChI=1S/C13H21NO3S/c1-11(2)18(15,16)9-8-17-13-6-4-12(5-7-13)10-14-3/h4-7,11,14H,8-10H2,1-3H3. The van der Waals surface area contributed by atoms with E-state index in [9.17, 15) is 8.42 Å². The van der Waals surface area contributed by atoms with Gasteiger partial charge in [-0.2, -0.15) is 0 Å². The monoisotopic (exact) mass is 271 g/mol. The van der Waals surface area contributed by atoms with Crippen LogP contribution in [0.5, 0.6) is 5.75 Å². The van der Waals surface area contributed by atoms with E-state index in [0.717, 1.165) is 6.54 Å². The molecule has 102 valence electrons. The van der Waals surface area contributed by atoms with Crippen molar-refractivity contribution in [1.82, 2.24) is 5.32 Å². The van der Waals surface area contributed by atoms with Gasteiger partial charge in [0.2, 0.25) is 0 Å². The van der Waals surface area contributed by atoms with E-state index in [-0.39, 0.29) is 17.6 Å². The Morgan fingerprint density at radius 3 is 2.33 bits per heavy atom. The lowest BCUT2D eigenvalue weighted by molar-refractivity contribution is 0.340. The summed E-state index contributed by atoms with van der Waals surface area (Å²) in [7, 11) is -1.13. The Balaban J connectivity index is 2.45. The third-order valence-electron chi connectivity index (χ3n) is 2.66. The summed E-state index contributed by atoms with van der Waals surface area (Å²) in [4.78, 5) is 0. The van der Waals surface area contributed by atoms with Crippen LogP contribution in [0.3, 0.4) is 0 Å². The number of rotatable bonds is 7. The molecule has 1 aromatic carbocycles. The van der Waals surface area contributed by atoms with Crippen molar-refractivity contribution >= 4 is 9.84 Å². The highest BCUT2D eigenvalue weighted by Crippen LogP contribution is 2.12. The summed E-state index contributed by atoms with van der Waals surface area (Å²) in [6.07, 6.45) is 0. The summed E-state index contributed by atoms with van der Waals surface area (Å²) in [6.45, 7) is 4.37. The largest absolute Gasteiger partial charge is 0.493 e. The molecule has 4 nitrogen and oxygen atoms in total. The maximum absolute atomic E-state index is 11.6. The van der Waals surface area contributed by atoms with E-state index in [2.05, 4.69) is 5.32 Å². The Morgan fingerprint density at radius 1 is 1.22 bits per heavy atom. The van der Waals surface area contributed by atoms with Crippen molar-refractivity contribution in [3.63, 3.8) is 0 Å². The lowest BCUT2D eigenvalue weighted by atomic mass is 10.2. The van der Waals surface area contributed by atoms with Crippen molar-refractivity contribution in [3.8, 4) is 5.75 Å². The summed E-state index contributed by atoms with van der Waals surface area (Å²) < 4.78 is 28.6. The van der Waals surface area contributed by atoms with Gasteiger partial charge in [0, 0.05) is 6.54 Å². The van der Waals surface area contributed by atoms with Crippen molar-refractivity contribution in [2.45, 2.75) is 25.6 Å². The van der Waals surface area contributed by atoms with Crippen molar-refractivity contribution in [2.75, 3.05) is 19.4 Å². The van der Waals surface area contributed by atoms with Gasteiger partial charge < -0.3 is 10.1 Å². The van der Waals surface area contributed by atoms with E-state index in [1.807, 2.05) is 31.3 Å². The van der Waals surface area contributed by atoms with E-state index >= 15 is 0 Å². The average molecular weight is 271 g/mol. The molecule has 5 heteroatoms. The van der Waals surface area contributed by atoms with Crippen LogP contribution in [-0.4, -0.2) is 33.1 Å². The molecule has 0 aliphatic carbocycles. The smallest absolute Gasteiger partial charge is 0.155 e. The third kappa shape index (κ3) is 4.66. The van der Waals surface area contributed by atoms with Gasteiger partial charge in [-0.3, -0.25) is 0 Å². The molecule has 0 aromatic heterocycles. The first-order valence-electron chi connectivity index (χ1n) is 6.03. The lowest BCUT2D eigenvalue weighted by Gasteiger charge is -2.09. The predicted octanol–water partition coefficient (Wildman–Crippen LogP) is 1.61. The van der Waals surface area contributed by atoms with Gasteiger partial charge >= 0.3 is 0 Å². The van der Waals surface area contributed by atoms with E-state index in [4.69, 9.17) is 4.74 Å². The maximum Gasteiger partial charge on any atom is 0.155 e. The van der Waals surface area contributed by atoms with Gasteiger partial charge in [0.15, 0.2) is 9.84 Å². The minimum atomic E-state index is -3.02.